The summed E-state index contributed by atoms with van der Waals surface area (Å²) in [6, 6.07) is 0. The Morgan fingerprint density at radius 2 is 2.00 bits per heavy atom. The maximum atomic E-state index is 11.6. The molecule has 2 heterocycles. The third kappa shape index (κ3) is 2.90. The van der Waals surface area contributed by atoms with Gasteiger partial charge in [0.1, 0.15) is 12.4 Å². The molecule has 1 aliphatic carbocycles. The number of aromatic nitrogens is 2. The van der Waals surface area contributed by atoms with Crippen LogP contribution in [-0.2, 0) is 6.42 Å². The number of hydrogen-bond acceptors (Lipinski definition) is 5. The lowest BCUT2D eigenvalue weighted by molar-refractivity contribution is -0.455. The Kier molecular flexibility index (Phi) is 3.43. The Hall–Kier alpha value is -1.56. The lowest BCUT2D eigenvalue weighted by Gasteiger charge is -2.40. The minimum atomic E-state index is -0.677. The molecule has 0 unspecified atom stereocenters. The number of fused-ring (bicyclic) bond motifs is 1. The molecule has 1 aliphatic heterocycles. The van der Waals surface area contributed by atoms with Crippen molar-refractivity contribution in [3.63, 3.8) is 0 Å². The smallest absolute Gasteiger partial charge is 0.369 e. The summed E-state index contributed by atoms with van der Waals surface area (Å²) in [7, 11) is 0. The van der Waals surface area contributed by atoms with E-state index in [1.165, 1.54) is 6.33 Å². The Labute approximate surface area is 124 Å². The van der Waals surface area contributed by atoms with Crippen LogP contribution in [0.3, 0.4) is 0 Å². The molecule has 21 heavy (non-hydrogen) atoms. The van der Waals surface area contributed by atoms with Crippen LogP contribution in [-0.4, -0.2) is 38.5 Å². The highest BCUT2D eigenvalue weighted by Crippen LogP contribution is 2.40. The van der Waals surface area contributed by atoms with E-state index in [-0.39, 0.29) is 0 Å². The number of aliphatic hydroxyl groups is 1. The lowest BCUT2D eigenvalue weighted by atomic mass is 9.71. The normalized spacial score (nSPS) is 22.9. The zero-order valence-corrected chi connectivity index (χ0v) is 12.7. The predicted octanol–water partition coefficient (Wildman–Crippen LogP) is 2.19. The van der Waals surface area contributed by atoms with Gasteiger partial charge in [0.15, 0.2) is 0 Å². The van der Waals surface area contributed by atoms with E-state index in [0.29, 0.717) is 36.6 Å². The van der Waals surface area contributed by atoms with E-state index in [4.69, 9.17) is 0 Å². The second-order valence-corrected chi connectivity index (χ2v) is 7.12. The summed E-state index contributed by atoms with van der Waals surface area (Å²) in [5.41, 5.74) is 0.515. The van der Waals surface area contributed by atoms with Gasteiger partial charge in [0.05, 0.1) is 11.2 Å². The Bertz CT molecular complexity index is 561. The molecule has 114 valence electrons. The fourth-order valence-corrected chi connectivity index (χ4v) is 3.14. The van der Waals surface area contributed by atoms with E-state index in [1.807, 2.05) is 0 Å². The molecule has 1 fully saturated rings. The monoisotopic (exact) mass is 291 g/mol. The highest BCUT2D eigenvalue weighted by atomic mass is 16.3. The van der Waals surface area contributed by atoms with E-state index >= 15 is 0 Å². The molecule has 1 aromatic rings. The number of anilines is 1. The zero-order valence-electron chi connectivity index (χ0n) is 12.7. The summed E-state index contributed by atoms with van der Waals surface area (Å²) in [4.78, 5) is 19.9. The van der Waals surface area contributed by atoms with Crippen LogP contribution in [0.25, 0.3) is 0 Å². The molecule has 0 bridgehead atoms. The highest BCUT2D eigenvalue weighted by molar-refractivity contribution is 5.53. The van der Waals surface area contributed by atoms with Gasteiger partial charge in [-0.15, -0.1) is 0 Å². The van der Waals surface area contributed by atoms with E-state index < -0.39 is 5.60 Å². The van der Waals surface area contributed by atoms with Crippen LogP contribution in [0.4, 0.5) is 11.6 Å². The minimum absolute atomic E-state index is 0.325. The molecular weight excluding hydrogens is 268 g/mol. The number of hydrogen-bond donors (Lipinski definition) is 2. The third-order valence-corrected chi connectivity index (χ3v) is 4.84. The van der Waals surface area contributed by atoms with Gasteiger partial charge in [0.2, 0.25) is 6.33 Å². The summed E-state index contributed by atoms with van der Waals surface area (Å²) >= 11 is 0. The fourth-order valence-electron chi connectivity index (χ4n) is 3.14. The quantitative estimate of drug-likeness (QED) is 0.835. The maximum Gasteiger partial charge on any atom is 0.369 e. The molecule has 6 heteroatoms. The van der Waals surface area contributed by atoms with Crippen LogP contribution in [0.2, 0.25) is 0 Å². The molecule has 1 saturated carbocycles. The first-order chi connectivity index (χ1) is 9.89. The van der Waals surface area contributed by atoms with Crippen molar-refractivity contribution < 1.29 is 9.87 Å². The average Bonchev–Trinajstić information content (AvgIpc) is 2.83. The van der Waals surface area contributed by atoms with Crippen molar-refractivity contribution in [2.75, 3.05) is 18.4 Å². The molecule has 0 spiro atoms. The van der Waals surface area contributed by atoms with Crippen molar-refractivity contribution in [2.45, 2.75) is 51.6 Å². The molecule has 3 rings (SSSR count). The first kappa shape index (κ1) is 14.4. The number of nitroso groups, excluding NO2 is 1. The molecule has 6 nitrogen and oxygen atoms in total. The van der Waals surface area contributed by atoms with Gasteiger partial charge in [0.25, 0.3) is 0 Å². The SMILES string of the molecule is CC1(C)CCC(O)(CNc2ncnc3c2CC[N+]3=O)CC1. The van der Waals surface area contributed by atoms with Gasteiger partial charge in [-0.1, -0.05) is 18.8 Å². The fraction of sp³-hybridized carbons (Fsp3) is 0.733. The number of rotatable bonds is 3. The van der Waals surface area contributed by atoms with Crippen molar-refractivity contribution in [3.05, 3.63) is 16.8 Å². The summed E-state index contributed by atoms with van der Waals surface area (Å²) < 4.78 is 0.903. The topological polar surface area (TPSA) is 78.1 Å². The van der Waals surface area contributed by atoms with Crippen molar-refractivity contribution >= 4 is 11.6 Å². The lowest BCUT2D eigenvalue weighted by Crippen LogP contribution is -2.42. The zero-order chi connectivity index (χ0) is 15.1. The molecule has 0 amide bonds. The standard InChI is InChI=1S/C15H23N4O2/c1-14(2)4-6-15(20,7-5-14)9-16-12-11-3-8-19(21)13(11)18-10-17-12/h10,20H,3-9H2,1-2H3,(H,16,17,18)/q+1. The Balaban J connectivity index is 1.68. The van der Waals surface area contributed by atoms with Crippen LogP contribution < -0.4 is 5.32 Å². The van der Waals surface area contributed by atoms with Gasteiger partial charge in [-0.25, -0.2) is 0 Å². The molecule has 0 atom stereocenters. The summed E-state index contributed by atoms with van der Waals surface area (Å²) in [6.07, 6.45) is 5.73. The van der Waals surface area contributed by atoms with Crippen LogP contribution in [0.5, 0.6) is 0 Å². The Morgan fingerprint density at radius 1 is 1.29 bits per heavy atom. The maximum absolute atomic E-state index is 11.6. The van der Waals surface area contributed by atoms with Crippen molar-refractivity contribution in [1.29, 1.82) is 0 Å². The summed E-state index contributed by atoms with van der Waals surface area (Å²) in [5.74, 6) is 1.15. The Morgan fingerprint density at radius 3 is 2.71 bits per heavy atom. The molecule has 0 aromatic carbocycles. The predicted molar refractivity (Wildman–Crippen MR) is 79.6 cm³/mol. The third-order valence-electron chi connectivity index (χ3n) is 4.84. The van der Waals surface area contributed by atoms with Gasteiger partial charge in [0, 0.05) is 13.0 Å². The minimum Gasteiger partial charge on any atom is -0.388 e. The molecule has 0 radical (unpaired) electrons. The highest BCUT2D eigenvalue weighted by Gasteiger charge is 2.37. The second kappa shape index (κ2) is 5.02. The summed E-state index contributed by atoms with van der Waals surface area (Å²) in [6.45, 7) is 5.41. The van der Waals surface area contributed by atoms with Crippen molar-refractivity contribution in [2.24, 2.45) is 5.41 Å². The first-order valence-corrected chi connectivity index (χ1v) is 7.63. The van der Waals surface area contributed by atoms with Gasteiger partial charge in [-0.3, -0.25) is 0 Å². The van der Waals surface area contributed by atoms with Gasteiger partial charge in [-0.05, 0) is 40.8 Å². The average molecular weight is 291 g/mol. The van der Waals surface area contributed by atoms with Crippen LogP contribution in [0.1, 0.15) is 45.1 Å². The first-order valence-electron chi connectivity index (χ1n) is 7.63. The van der Waals surface area contributed by atoms with Crippen molar-refractivity contribution in [3.8, 4) is 0 Å². The molecule has 2 N–H and O–H groups in total. The van der Waals surface area contributed by atoms with Gasteiger partial charge >= 0.3 is 5.82 Å². The van der Waals surface area contributed by atoms with Crippen molar-refractivity contribution in [1.82, 2.24) is 9.97 Å². The largest absolute Gasteiger partial charge is 0.388 e. The number of nitrogens with zero attached hydrogens (tertiary/aromatic N) is 3. The van der Waals surface area contributed by atoms with E-state index in [1.54, 1.807) is 0 Å². The number of nitrogens with one attached hydrogen (secondary N) is 1. The van der Waals surface area contributed by atoms with Gasteiger partial charge < -0.3 is 10.4 Å². The van der Waals surface area contributed by atoms with Crippen LogP contribution in [0, 0.1) is 10.3 Å². The summed E-state index contributed by atoms with van der Waals surface area (Å²) in [5, 5.41) is 13.9. The molecule has 0 saturated heterocycles. The molecular formula is C15H23N4O2+. The van der Waals surface area contributed by atoms with Crippen LogP contribution in [0.15, 0.2) is 6.33 Å². The van der Waals surface area contributed by atoms with E-state index in [0.717, 1.165) is 36.0 Å². The van der Waals surface area contributed by atoms with E-state index in [2.05, 4.69) is 29.1 Å². The van der Waals surface area contributed by atoms with E-state index in [9.17, 15) is 10.0 Å². The molecule has 2 aliphatic rings. The van der Waals surface area contributed by atoms with Gasteiger partial charge in [-0.2, -0.15) is 4.98 Å². The second-order valence-electron chi connectivity index (χ2n) is 7.12. The molecule has 1 aromatic heterocycles. The van der Waals surface area contributed by atoms with Crippen LogP contribution >= 0.6 is 0 Å².